The molecule has 2 aromatic rings. The van der Waals surface area contributed by atoms with Gasteiger partial charge in [-0.05, 0) is 23.3 Å². The molecule has 0 fully saturated rings. The lowest BCUT2D eigenvalue weighted by molar-refractivity contribution is -0.384. The highest BCUT2D eigenvalue weighted by atomic mass is 16.6. The molecule has 0 spiro atoms. The lowest BCUT2D eigenvalue weighted by Crippen LogP contribution is -2.17. The molecule has 3 N–H and O–H groups in total. The monoisotopic (exact) mass is 300 g/mol. The summed E-state index contributed by atoms with van der Waals surface area (Å²) in [5, 5.41) is 19.9. The van der Waals surface area contributed by atoms with E-state index in [1.165, 1.54) is 24.3 Å². The van der Waals surface area contributed by atoms with Crippen LogP contribution in [0.5, 0.6) is 0 Å². The highest BCUT2D eigenvalue weighted by molar-refractivity contribution is 5.96. The highest BCUT2D eigenvalue weighted by Gasteiger charge is 2.16. The van der Waals surface area contributed by atoms with Crippen LogP contribution in [0.4, 0.5) is 5.69 Å². The van der Waals surface area contributed by atoms with Crippen LogP contribution < -0.4 is 5.73 Å². The number of benzene rings is 2. The summed E-state index contributed by atoms with van der Waals surface area (Å²) >= 11 is 0. The molecular formula is C16H16N2O4. The second kappa shape index (κ2) is 6.93. The van der Waals surface area contributed by atoms with Crippen molar-refractivity contribution < 1.29 is 14.8 Å². The molecule has 2 rings (SSSR count). The minimum atomic E-state index is -0.536. The van der Waals surface area contributed by atoms with E-state index < -0.39 is 11.0 Å². The van der Waals surface area contributed by atoms with Crippen molar-refractivity contribution in [1.82, 2.24) is 0 Å². The lowest BCUT2D eigenvalue weighted by Gasteiger charge is -2.14. The van der Waals surface area contributed by atoms with Gasteiger partial charge in [0.25, 0.3) is 5.69 Å². The number of nitro groups is 1. The van der Waals surface area contributed by atoms with Crippen LogP contribution in [-0.2, 0) is 6.61 Å². The number of hydrogen-bond donors (Lipinski definition) is 2. The predicted octanol–water partition coefficient (Wildman–Crippen LogP) is 2.36. The van der Waals surface area contributed by atoms with Crippen molar-refractivity contribution in [3.8, 4) is 0 Å². The molecule has 1 atom stereocenters. The van der Waals surface area contributed by atoms with Crippen LogP contribution in [0.2, 0.25) is 0 Å². The van der Waals surface area contributed by atoms with E-state index >= 15 is 0 Å². The number of aliphatic hydroxyl groups excluding tert-OH is 1. The Labute approximate surface area is 127 Å². The summed E-state index contributed by atoms with van der Waals surface area (Å²) in [6.45, 7) is -0.143. The zero-order chi connectivity index (χ0) is 16.1. The number of nitrogens with zero attached hydrogens (tertiary/aromatic N) is 1. The van der Waals surface area contributed by atoms with Gasteiger partial charge in [0.1, 0.15) is 0 Å². The molecule has 0 amide bonds. The maximum Gasteiger partial charge on any atom is 0.269 e. The van der Waals surface area contributed by atoms with Crippen LogP contribution in [0.1, 0.15) is 33.9 Å². The molecule has 2 aromatic carbocycles. The Bertz CT molecular complexity index is 683. The number of Topliss-reactive ketones (excluding diaryl/α,β-unsaturated/α-hetero) is 1. The molecular weight excluding hydrogens is 284 g/mol. The fourth-order valence-electron chi connectivity index (χ4n) is 2.24. The molecule has 6 heteroatoms. The zero-order valence-electron chi connectivity index (χ0n) is 11.8. The average molecular weight is 300 g/mol. The first-order chi connectivity index (χ1) is 10.5. The maximum absolute atomic E-state index is 12.2. The van der Waals surface area contributed by atoms with E-state index in [2.05, 4.69) is 0 Å². The SMILES string of the molecule is NC(CC(=O)c1ccc([N+](=O)[O-])cc1)c1ccccc1CO. The normalized spacial score (nSPS) is 11.9. The maximum atomic E-state index is 12.2. The molecule has 0 aliphatic heterocycles. The van der Waals surface area contributed by atoms with E-state index in [0.717, 1.165) is 5.56 Å². The Morgan fingerprint density at radius 1 is 1.18 bits per heavy atom. The van der Waals surface area contributed by atoms with Crippen LogP contribution in [0.3, 0.4) is 0 Å². The van der Waals surface area contributed by atoms with E-state index in [9.17, 15) is 20.0 Å². The van der Waals surface area contributed by atoms with Crippen LogP contribution in [0.15, 0.2) is 48.5 Å². The molecule has 114 valence electrons. The highest BCUT2D eigenvalue weighted by Crippen LogP contribution is 2.21. The van der Waals surface area contributed by atoms with Crippen molar-refractivity contribution in [2.24, 2.45) is 5.73 Å². The van der Waals surface area contributed by atoms with Gasteiger partial charge in [-0.1, -0.05) is 24.3 Å². The molecule has 0 bridgehead atoms. The molecule has 0 radical (unpaired) electrons. The van der Waals surface area contributed by atoms with Crippen molar-refractivity contribution >= 4 is 11.5 Å². The van der Waals surface area contributed by atoms with Crippen molar-refractivity contribution in [3.05, 3.63) is 75.3 Å². The number of aliphatic hydroxyl groups is 1. The summed E-state index contributed by atoms with van der Waals surface area (Å²) in [6, 6.07) is 12.0. The van der Waals surface area contributed by atoms with Crippen molar-refractivity contribution in [3.63, 3.8) is 0 Å². The number of rotatable bonds is 6. The fourth-order valence-corrected chi connectivity index (χ4v) is 2.24. The zero-order valence-corrected chi connectivity index (χ0v) is 11.8. The van der Waals surface area contributed by atoms with Gasteiger partial charge in [-0.3, -0.25) is 14.9 Å². The van der Waals surface area contributed by atoms with Gasteiger partial charge in [-0.2, -0.15) is 0 Å². The molecule has 22 heavy (non-hydrogen) atoms. The average Bonchev–Trinajstić information content (AvgIpc) is 2.54. The molecule has 1 unspecified atom stereocenters. The van der Waals surface area contributed by atoms with Gasteiger partial charge in [-0.15, -0.1) is 0 Å². The molecule has 0 aromatic heterocycles. The smallest absolute Gasteiger partial charge is 0.269 e. The summed E-state index contributed by atoms with van der Waals surface area (Å²) in [4.78, 5) is 22.3. The number of carbonyl (C=O) groups is 1. The molecule has 0 heterocycles. The minimum absolute atomic E-state index is 0.0634. The number of nitrogens with two attached hydrogens (primary N) is 1. The quantitative estimate of drug-likeness (QED) is 0.484. The second-order valence-corrected chi connectivity index (χ2v) is 4.89. The Balaban J connectivity index is 2.12. The summed E-state index contributed by atoms with van der Waals surface area (Å²) in [6.07, 6.45) is 0.0643. The van der Waals surface area contributed by atoms with Crippen molar-refractivity contribution in [1.29, 1.82) is 0 Å². The standard InChI is InChI=1S/C16H16N2O4/c17-15(14-4-2-1-3-12(14)10-19)9-16(20)11-5-7-13(8-6-11)18(21)22/h1-8,15,19H,9-10,17H2. The van der Waals surface area contributed by atoms with Crippen LogP contribution in [-0.4, -0.2) is 15.8 Å². The van der Waals surface area contributed by atoms with Crippen molar-refractivity contribution in [2.45, 2.75) is 19.1 Å². The van der Waals surface area contributed by atoms with Gasteiger partial charge in [0.2, 0.25) is 0 Å². The minimum Gasteiger partial charge on any atom is -0.392 e. The molecule has 6 nitrogen and oxygen atoms in total. The fraction of sp³-hybridized carbons (Fsp3) is 0.188. The first-order valence-electron chi connectivity index (χ1n) is 6.75. The third-order valence-corrected chi connectivity index (χ3v) is 3.43. The summed E-state index contributed by atoms with van der Waals surface area (Å²) in [7, 11) is 0. The number of ketones is 1. The van der Waals surface area contributed by atoms with Gasteiger partial charge in [0.05, 0.1) is 11.5 Å². The van der Waals surface area contributed by atoms with Crippen molar-refractivity contribution in [2.75, 3.05) is 0 Å². The molecule has 0 saturated carbocycles. The molecule has 0 aliphatic carbocycles. The first-order valence-corrected chi connectivity index (χ1v) is 6.75. The van der Waals surface area contributed by atoms with E-state index in [1.54, 1.807) is 24.3 Å². The predicted molar refractivity (Wildman–Crippen MR) is 81.3 cm³/mol. The second-order valence-electron chi connectivity index (χ2n) is 4.89. The van der Waals surface area contributed by atoms with Gasteiger partial charge in [0.15, 0.2) is 5.78 Å². The van der Waals surface area contributed by atoms with Gasteiger partial charge >= 0.3 is 0 Å². The summed E-state index contributed by atoms with van der Waals surface area (Å²) < 4.78 is 0. The lowest BCUT2D eigenvalue weighted by atomic mass is 9.95. The number of nitro benzene ring substituents is 1. The largest absolute Gasteiger partial charge is 0.392 e. The third kappa shape index (κ3) is 3.55. The van der Waals surface area contributed by atoms with Crippen LogP contribution in [0, 0.1) is 10.1 Å². The van der Waals surface area contributed by atoms with E-state index in [1.807, 2.05) is 0 Å². The summed E-state index contributed by atoms with van der Waals surface area (Å²) in [5.74, 6) is -0.199. The van der Waals surface area contributed by atoms with Crippen LogP contribution in [0.25, 0.3) is 0 Å². The molecule has 0 saturated heterocycles. The van der Waals surface area contributed by atoms with E-state index in [4.69, 9.17) is 5.73 Å². The Morgan fingerprint density at radius 3 is 2.41 bits per heavy atom. The first kappa shape index (κ1) is 15.8. The van der Waals surface area contributed by atoms with E-state index in [-0.39, 0.29) is 24.5 Å². The Kier molecular flexibility index (Phi) is 4.98. The summed E-state index contributed by atoms with van der Waals surface area (Å²) in [5.41, 5.74) is 7.77. The Morgan fingerprint density at radius 2 is 1.82 bits per heavy atom. The van der Waals surface area contributed by atoms with Gasteiger partial charge < -0.3 is 10.8 Å². The Hall–Kier alpha value is -2.57. The third-order valence-electron chi connectivity index (χ3n) is 3.43. The van der Waals surface area contributed by atoms with Gasteiger partial charge in [-0.25, -0.2) is 0 Å². The number of non-ortho nitro benzene ring substituents is 1. The number of carbonyl (C=O) groups excluding carboxylic acids is 1. The van der Waals surface area contributed by atoms with E-state index in [0.29, 0.717) is 11.1 Å². The topological polar surface area (TPSA) is 106 Å². The van der Waals surface area contributed by atoms with Gasteiger partial charge in [0, 0.05) is 30.2 Å². The number of hydrogen-bond acceptors (Lipinski definition) is 5. The molecule has 0 aliphatic rings. The van der Waals surface area contributed by atoms with Crippen LogP contribution >= 0.6 is 0 Å².